The smallest absolute Gasteiger partial charge is 0.254 e. The summed E-state index contributed by atoms with van der Waals surface area (Å²) in [4.78, 5) is 15.0. The van der Waals surface area contributed by atoms with Gasteiger partial charge in [0.2, 0.25) is 10.0 Å². The maximum absolute atomic E-state index is 13.2. The predicted octanol–water partition coefficient (Wildman–Crippen LogP) is 3.11. The molecule has 1 amide bonds. The van der Waals surface area contributed by atoms with Gasteiger partial charge in [-0.15, -0.1) is 0 Å². The molecule has 2 fully saturated rings. The van der Waals surface area contributed by atoms with Gasteiger partial charge in [0, 0.05) is 39.0 Å². The van der Waals surface area contributed by atoms with Gasteiger partial charge in [-0.2, -0.15) is 0 Å². The van der Waals surface area contributed by atoms with Crippen LogP contribution in [0.3, 0.4) is 0 Å². The van der Waals surface area contributed by atoms with Crippen LogP contribution in [0.1, 0.15) is 41.3 Å². The second-order valence-corrected chi connectivity index (χ2v) is 11.4. The Balaban J connectivity index is 1.43. The number of carbonyl (C=O) groups is 1. The molecule has 0 N–H and O–H groups in total. The number of ether oxygens (including phenoxy) is 3. The highest BCUT2D eigenvalue weighted by molar-refractivity contribution is 7.88. The number of hydrogen-bond donors (Lipinski definition) is 0. The highest BCUT2D eigenvalue weighted by Gasteiger charge is 2.38. The summed E-state index contributed by atoms with van der Waals surface area (Å²) < 4.78 is 44.8. The van der Waals surface area contributed by atoms with E-state index in [2.05, 4.69) is 0 Å². The second-order valence-electron chi connectivity index (χ2n) is 9.41. The first kappa shape index (κ1) is 26.6. The molecule has 2 heterocycles. The van der Waals surface area contributed by atoms with Gasteiger partial charge in [0.05, 0.1) is 18.8 Å². The maximum atomic E-state index is 13.2. The van der Waals surface area contributed by atoms with Crippen LogP contribution in [0.25, 0.3) is 0 Å². The minimum atomic E-state index is -3.49. The summed E-state index contributed by atoms with van der Waals surface area (Å²) >= 11 is 0. The Kier molecular flexibility index (Phi) is 8.66. The normalized spacial score (nSPS) is 21.2. The molecule has 0 aromatic heterocycles. The van der Waals surface area contributed by atoms with Crippen LogP contribution in [0.2, 0.25) is 0 Å². The molecule has 0 spiro atoms. The van der Waals surface area contributed by atoms with E-state index in [1.807, 2.05) is 37.3 Å². The van der Waals surface area contributed by atoms with Crippen LogP contribution in [0.4, 0.5) is 0 Å². The third kappa shape index (κ3) is 6.08. The number of sulfonamides is 1. The zero-order valence-electron chi connectivity index (χ0n) is 21.3. The lowest BCUT2D eigenvalue weighted by atomic mass is 10.0. The lowest BCUT2D eigenvalue weighted by Crippen LogP contribution is -2.41. The third-order valence-electron chi connectivity index (χ3n) is 7.11. The van der Waals surface area contributed by atoms with Crippen molar-refractivity contribution >= 4 is 15.9 Å². The number of likely N-dealkylation sites (tertiary alicyclic amines) is 1. The highest BCUT2D eigenvalue weighted by atomic mass is 32.2. The van der Waals surface area contributed by atoms with E-state index >= 15 is 0 Å². The Hall–Kier alpha value is -2.46. The summed E-state index contributed by atoms with van der Waals surface area (Å²) in [5, 5.41) is 0. The topological polar surface area (TPSA) is 85.4 Å². The molecule has 2 aliphatic rings. The zero-order chi connectivity index (χ0) is 25.7. The number of rotatable bonds is 9. The van der Waals surface area contributed by atoms with Gasteiger partial charge in [0.1, 0.15) is 18.0 Å². The molecule has 9 heteroatoms. The van der Waals surface area contributed by atoms with E-state index in [0.29, 0.717) is 56.0 Å². The van der Waals surface area contributed by atoms with Crippen molar-refractivity contribution in [3.63, 3.8) is 0 Å². The van der Waals surface area contributed by atoms with Gasteiger partial charge in [-0.25, -0.2) is 12.7 Å². The number of carbonyl (C=O) groups excluding carboxylic acids is 1. The van der Waals surface area contributed by atoms with E-state index in [1.54, 1.807) is 37.3 Å². The van der Waals surface area contributed by atoms with Crippen LogP contribution < -0.4 is 4.74 Å². The summed E-state index contributed by atoms with van der Waals surface area (Å²) in [6.07, 6.45) is 1.55. The molecule has 0 bridgehead atoms. The summed E-state index contributed by atoms with van der Waals surface area (Å²) in [7, 11) is -0.221. The molecule has 0 radical (unpaired) electrons. The van der Waals surface area contributed by atoms with Gasteiger partial charge in [-0.05, 0) is 48.6 Å². The van der Waals surface area contributed by atoms with Crippen molar-refractivity contribution in [2.24, 2.45) is 0 Å². The molecule has 36 heavy (non-hydrogen) atoms. The average molecular weight is 517 g/mol. The number of hydrogen-bond acceptors (Lipinski definition) is 6. The lowest BCUT2D eigenvalue weighted by Gasteiger charge is -2.30. The minimum Gasteiger partial charge on any atom is -0.486 e. The maximum Gasteiger partial charge on any atom is 0.254 e. The van der Waals surface area contributed by atoms with Gasteiger partial charge < -0.3 is 19.1 Å². The molecular weight excluding hydrogens is 480 g/mol. The van der Waals surface area contributed by atoms with Crippen molar-refractivity contribution < 1.29 is 27.4 Å². The van der Waals surface area contributed by atoms with Crippen molar-refractivity contribution in [2.45, 2.75) is 50.2 Å². The molecule has 2 aliphatic heterocycles. The lowest BCUT2D eigenvalue weighted by molar-refractivity contribution is 0.0339. The van der Waals surface area contributed by atoms with Crippen LogP contribution in [-0.2, 0) is 31.7 Å². The Morgan fingerprint density at radius 1 is 1.08 bits per heavy atom. The fourth-order valence-corrected chi connectivity index (χ4v) is 6.40. The number of nitrogens with zero attached hydrogens (tertiary/aromatic N) is 2. The number of methoxy groups -OCH3 is 1. The predicted molar refractivity (Wildman–Crippen MR) is 138 cm³/mol. The number of benzene rings is 2. The Labute approximate surface area is 214 Å². The van der Waals surface area contributed by atoms with Gasteiger partial charge in [0.25, 0.3) is 5.91 Å². The fourth-order valence-electron chi connectivity index (χ4n) is 4.93. The van der Waals surface area contributed by atoms with Gasteiger partial charge in [-0.3, -0.25) is 4.79 Å². The summed E-state index contributed by atoms with van der Waals surface area (Å²) in [5.41, 5.74) is 2.38. The molecule has 2 saturated heterocycles. The molecule has 8 nitrogen and oxygen atoms in total. The van der Waals surface area contributed by atoms with E-state index in [4.69, 9.17) is 14.2 Å². The minimum absolute atomic E-state index is 0.0309. The molecule has 0 unspecified atom stereocenters. The SMILES string of the molecule is CCc1ccccc1C(=O)N1C[C@@H](OC)[C@H](Oc2cccc(CS(=O)(=O)N(C)C3CCOCC3)c2)C1. The van der Waals surface area contributed by atoms with Gasteiger partial charge in [0.15, 0.2) is 0 Å². The van der Waals surface area contributed by atoms with Crippen molar-refractivity contribution in [1.29, 1.82) is 0 Å². The standard InChI is InChI=1S/C27H36N2O6S/c1-4-21-9-5-6-11-24(21)27(30)29-17-25(33-3)26(18-29)35-23-10-7-8-20(16-23)19-36(31,32)28(2)22-12-14-34-15-13-22/h5-11,16,22,25-26H,4,12-15,17-19H2,1-3H3/t25-,26-/m1/s1. The van der Waals surface area contributed by atoms with Crippen molar-refractivity contribution in [2.75, 3.05) is 40.5 Å². The van der Waals surface area contributed by atoms with E-state index in [9.17, 15) is 13.2 Å². The first-order valence-electron chi connectivity index (χ1n) is 12.5. The Morgan fingerprint density at radius 3 is 2.53 bits per heavy atom. The van der Waals surface area contributed by atoms with E-state index < -0.39 is 10.0 Å². The zero-order valence-corrected chi connectivity index (χ0v) is 22.1. The molecule has 0 aliphatic carbocycles. The van der Waals surface area contributed by atoms with Gasteiger partial charge >= 0.3 is 0 Å². The molecule has 2 atom stereocenters. The van der Waals surface area contributed by atoms with Crippen LogP contribution >= 0.6 is 0 Å². The Bertz CT molecular complexity index is 1150. The van der Waals surface area contributed by atoms with Gasteiger partial charge in [-0.1, -0.05) is 37.3 Å². The molecular formula is C27H36N2O6S. The quantitative estimate of drug-likeness (QED) is 0.509. The molecule has 196 valence electrons. The number of aryl methyl sites for hydroxylation is 1. The first-order valence-corrected chi connectivity index (χ1v) is 14.1. The summed E-state index contributed by atoms with van der Waals surface area (Å²) in [6, 6.07) is 14.8. The Morgan fingerprint density at radius 2 is 1.81 bits per heavy atom. The van der Waals surface area contributed by atoms with Crippen LogP contribution in [0.15, 0.2) is 48.5 Å². The van der Waals surface area contributed by atoms with Crippen molar-refractivity contribution in [1.82, 2.24) is 9.21 Å². The molecule has 2 aromatic rings. The number of amides is 1. The van der Waals surface area contributed by atoms with E-state index in [1.165, 1.54) is 4.31 Å². The molecule has 4 rings (SSSR count). The summed E-state index contributed by atoms with van der Waals surface area (Å²) in [5.74, 6) is 0.429. The molecule has 0 saturated carbocycles. The van der Waals surface area contributed by atoms with E-state index in [-0.39, 0.29) is 29.9 Å². The van der Waals surface area contributed by atoms with Crippen molar-refractivity contribution in [3.05, 3.63) is 65.2 Å². The third-order valence-corrected chi connectivity index (χ3v) is 8.99. The largest absolute Gasteiger partial charge is 0.486 e. The first-order chi connectivity index (χ1) is 17.3. The summed E-state index contributed by atoms with van der Waals surface area (Å²) in [6.45, 7) is 4.03. The second kappa shape index (κ2) is 11.7. The van der Waals surface area contributed by atoms with Crippen molar-refractivity contribution in [3.8, 4) is 5.75 Å². The van der Waals surface area contributed by atoms with Crippen LogP contribution in [0, 0.1) is 0 Å². The molecule has 2 aromatic carbocycles. The average Bonchev–Trinajstić information content (AvgIpc) is 3.30. The monoisotopic (exact) mass is 516 g/mol. The highest BCUT2D eigenvalue weighted by Crippen LogP contribution is 2.25. The fraction of sp³-hybridized carbons (Fsp3) is 0.519. The van der Waals surface area contributed by atoms with E-state index in [0.717, 1.165) is 12.0 Å². The van der Waals surface area contributed by atoms with Crippen LogP contribution in [0.5, 0.6) is 5.75 Å². The van der Waals surface area contributed by atoms with Crippen LogP contribution in [-0.4, -0.2) is 82.2 Å².